The molecule has 20 heavy (non-hydrogen) atoms. The number of halogens is 3. The van der Waals surface area contributed by atoms with Gasteiger partial charge in [-0.15, -0.1) is 0 Å². The topological polar surface area (TPSA) is 41.1 Å². The molecule has 0 fully saturated rings. The average molecular weight is 311 g/mol. The molecule has 0 saturated carbocycles. The Labute approximate surface area is 124 Å². The molecule has 1 amide bonds. The van der Waals surface area contributed by atoms with Gasteiger partial charge in [-0.25, -0.2) is 4.39 Å². The van der Waals surface area contributed by atoms with Gasteiger partial charge in [0.25, 0.3) is 5.91 Å². The van der Waals surface area contributed by atoms with Crippen molar-refractivity contribution in [2.24, 2.45) is 0 Å². The molecule has 0 aliphatic carbocycles. The summed E-state index contributed by atoms with van der Waals surface area (Å²) in [6, 6.07) is 8.64. The Morgan fingerprint density at radius 2 is 1.80 bits per heavy atom. The van der Waals surface area contributed by atoms with Crippen LogP contribution in [0.5, 0.6) is 0 Å². The van der Waals surface area contributed by atoms with Crippen molar-refractivity contribution in [1.29, 1.82) is 0 Å². The first-order chi connectivity index (χ1) is 9.54. The van der Waals surface area contributed by atoms with E-state index in [0.717, 1.165) is 0 Å². The highest BCUT2D eigenvalue weighted by molar-refractivity contribution is 6.31. The van der Waals surface area contributed by atoms with Crippen molar-refractivity contribution < 1.29 is 9.18 Å². The number of carbonyl (C=O) groups excluding carboxylic acids is 1. The number of nitrogens with one attached hydrogen (secondary N) is 2. The third-order valence-corrected chi connectivity index (χ3v) is 3.55. The zero-order valence-electron chi connectivity index (χ0n) is 10.1. The van der Waals surface area contributed by atoms with Crippen molar-refractivity contribution in [2.45, 2.75) is 6.04 Å². The number of hydrogen-bond acceptors (Lipinski definition) is 2. The highest BCUT2D eigenvalue weighted by atomic mass is 35.5. The van der Waals surface area contributed by atoms with Crippen LogP contribution in [-0.2, 0) is 4.79 Å². The average Bonchev–Trinajstić information content (AvgIpc) is 2.69. The Hall–Kier alpha value is -1.78. The largest absolute Gasteiger partial charge is 0.368 e. The number of rotatable bonds is 2. The second-order valence-electron chi connectivity index (χ2n) is 4.42. The van der Waals surface area contributed by atoms with Crippen molar-refractivity contribution in [2.75, 3.05) is 10.6 Å². The number of hydrogen-bond donors (Lipinski definition) is 2. The number of amides is 1. The lowest BCUT2D eigenvalue weighted by Crippen LogP contribution is -2.20. The zero-order valence-corrected chi connectivity index (χ0v) is 11.6. The minimum Gasteiger partial charge on any atom is -0.368 e. The van der Waals surface area contributed by atoms with Gasteiger partial charge in [0.15, 0.2) is 0 Å². The van der Waals surface area contributed by atoms with E-state index in [2.05, 4.69) is 10.6 Å². The third-order valence-electron chi connectivity index (χ3n) is 3.08. The molecule has 0 radical (unpaired) electrons. The lowest BCUT2D eigenvalue weighted by Gasteiger charge is -2.14. The minimum atomic E-state index is -0.681. The van der Waals surface area contributed by atoms with E-state index in [0.29, 0.717) is 21.3 Å². The fraction of sp³-hybridized carbons (Fsp3) is 0.0714. The quantitative estimate of drug-likeness (QED) is 0.871. The molecule has 3 rings (SSSR count). The summed E-state index contributed by atoms with van der Waals surface area (Å²) in [4.78, 5) is 12.0. The van der Waals surface area contributed by atoms with Crippen LogP contribution in [0.2, 0.25) is 10.0 Å². The number of anilines is 2. The normalized spacial score (nSPS) is 16.8. The second kappa shape index (κ2) is 4.96. The smallest absolute Gasteiger partial charge is 0.251 e. The predicted molar refractivity (Wildman–Crippen MR) is 77.9 cm³/mol. The van der Waals surface area contributed by atoms with Gasteiger partial charge in [0.05, 0.1) is 5.69 Å². The highest BCUT2D eigenvalue weighted by Crippen LogP contribution is 2.35. The summed E-state index contributed by atoms with van der Waals surface area (Å²) in [7, 11) is 0. The van der Waals surface area contributed by atoms with Gasteiger partial charge in [-0.1, -0.05) is 23.2 Å². The van der Waals surface area contributed by atoms with E-state index in [1.54, 1.807) is 24.3 Å². The highest BCUT2D eigenvalue weighted by Gasteiger charge is 2.31. The molecular formula is C14H9Cl2FN2O. The molecule has 1 atom stereocenters. The second-order valence-corrected chi connectivity index (χ2v) is 5.30. The van der Waals surface area contributed by atoms with Crippen LogP contribution in [0.15, 0.2) is 36.4 Å². The molecule has 1 heterocycles. The fourth-order valence-corrected chi connectivity index (χ4v) is 2.48. The summed E-state index contributed by atoms with van der Waals surface area (Å²) in [6.07, 6.45) is 0. The van der Waals surface area contributed by atoms with Gasteiger partial charge in [0.1, 0.15) is 11.9 Å². The van der Waals surface area contributed by atoms with Crippen LogP contribution in [0.4, 0.5) is 15.8 Å². The van der Waals surface area contributed by atoms with Crippen LogP contribution in [0.3, 0.4) is 0 Å². The first kappa shape index (κ1) is 13.2. The van der Waals surface area contributed by atoms with Gasteiger partial charge in [-0.05, 0) is 36.4 Å². The lowest BCUT2D eigenvalue weighted by molar-refractivity contribution is -0.116. The maximum Gasteiger partial charge on any atom is 0.251 e. The van der Waals surface area contributed by atoms with Crippen LogP contribution in [0, 0.1) is 5.82 Å². The van der Waals surface area contributed by atoms with E-state index in [1.807, 2.05) is 0 Å². The standard InChI is InChI=1S/C14H9Cl2FN2O/c15-7-1-3-11-9(5-7)13(14(20)19-11)18-12-4-2-8(16)6-10(12)17/h1-6,13,18H,(H,19,20). The molecule has 102 valence electrons. The van der Waals surface area contributed by atoms with Gasteiger partial charge in [0, 0.05) is 21.3 Å². The van der Waals surface area contributed by atoms with E-state index in [9.17, 15) is 9.18 Å². The lowest BCUT2D eigenvalue weighted by atomic mass is 10.1. The molecule has 0 spiro atoms. The Balaban J connectivity index is 1.95. The van der Waals surface area contributed by atoms with Crippen LogP contribution in [-0.4, -0.2) is 5.91 Å². The van der Waals surface area contributed by atoms with E-state index >= 15 is 0 Å². The maximum absolute atomic E-state index is 13.8. The number of carbonyl (C=O) groups is 1. The van der Waals surface area contributed by atoms with Crippen LogP contribution in [0.1, 0.15) is 11.6 Å². The van der Waals surface area contributed by atoms with Gasteiger partial charge in [-0.3, -0.25) is 4.79 Å². The molecular weight excluding hydrogens is 302 g/mol. The number of benzene rings is 2. The minimum absolute atomic E-state index is 0.211. The van der Waals surface area contributed by atoms with Crippen LogP contribution >= 0.6 is 23.2 Å². The molecule has 1 unspecified atom stereocenters. The molecule has 1 aliphatic rings. The van der Waals surface area contributed by atoms with Gasteiger partial charge >= 0.3 is 0 Å². The summed E-state index contributed by atoms with van der Waals surface area (Å²) >= 11 is 11.6. The first-order valence-corrected chi connectivity index (χ1v) is 6.62. The van der Waals surface area contributed by atoms with E-state index in [4.69, 9.17) is 23.2 Å². The maximum atomic E-state index is 13.8. The van der Waals surface area contributed by atoms with Crippen molar-refractivity contribution >= 4 is 40.5 Å². The van der Waals surface area contributed by atoms with E-state index in [1.165, 1.54) is 12.1 Å². The first-order valence-electron chi connectivity index (χ1n) is 5.86. The molecule has 2 aromatic carbocycles. The summed E-state index contributed by atoms with van der Waals surface area (Å²) in [5.41, 5.74) is 1.57. The van der Waals surface area contributed by atoms with Crippen molar-refractivity contribution in [3.63, 3.8) is 0 Å². The molecule has 6 heteroatoms. The predicted octanol–water partition coefficient (Wildman–Crippen LogP) is 4.24. The van der Waals surface area contributed by atoms with Gasteiger partial charge < -0.3 is 10.6 Å². The Bertz CT molecular complexity index is 706. The van der Waals surface area contributed by atoms with Crippen molar-refractivity contribution in [3.8, 4) is 0 Å². The molecule has 0 saturated heterocycles. The summed E-state index contributed by atoms with van der Waals surface area (Å²) in [5.74, 6) is -0.766. The molecule has 1 aliphatic heterocycles. The van der Waals surface area contributed by atoms with Crippen molar-refractivity contribution in [3.05, 3.63) is 57.8 Å². The molecule has 3 nitrogen and oxygen atoms in total. The van der Waals surface area contributed by atoms with Gasteiger partial charge in [-0.2, -0.15) is 0 Å². The Morgan fingerprint density at radius 3 is 2.55 bits per heavy atom. The Morgan fingerprint density at radius 1 is 1.10 bits per heavy atom. The molecule has 0 aromatic heterocycles. The number of fused-ring (bicyclic) bond motifs is 1. The zero-order chi connectivity index (χ0) is 14.3. The van der Waals surface area contributed by atoms with Crippen molar-refractivity contribution in [1.82, 2.24) is 0 Å². The van der Waals surface area contributed by atoms with Gasteiger partial charge in [0.2, 0.25) is 0 Å². The fourth-order valence-electron chi connectivity index (χ4n) is 2.14. The molecule has 2 N–H and O–H groups in total. The summed E-state index contributed by atoms with van der Waals surface area (Å²) in [5, 5.41) is 6.40. The summed E-state index contributed by atoms with van der Waals surface area (Å²) < 4.78 is 13.8. The SMILES string of the molecule is O=C1Nc2ccc(Cl)cc2C1Nc1ccc(Cl)cc1F. The van der Waals surface area contributed by atoms with Crippen LogP contribution < -0.4 is 10.6 Å². The molecule has 2 aromatic rings. The molecule has 0 bridgehead atoms. The van der Waals surface area contributed by atoms with Crippen LogP contribution in [0.25, 0.3) is 0 Å². The van der Waals surface area contributed by atoms with E-state index in [-0.39, 0.29) is 11.6 Å². The summed E-state index contributed by atoms with van der Waals surface area (Å²) in [6.45, 7) is 0. The Kier molecular flexibility index (Phi) is 3.28. The van der Waals surface area contributed by atoms with E-state index < -0.39 is 11.9 Å². The monoisotopic (exact) mass is 310 g/mol. The third kappa shape index (κ3) is 2.32.